The second kappa shape index (κ2) is 6.22. The van der Waals surface area contributed by atoms with Crippen LogP contribution in [0.4, 0.5) is 13.2 Å². The molecule has 0 saturated carbocycles. The number of halogens is 3. The standard InChI is InChI=1S/C15H11F3O2S/c1-21-14(15(19)20)10-4-2-8(6-12(10)17)9-3-5-11(16)13(18)7-9/h2-7,14H,1H3,(H,19,20). The molecule has 0 fully saturated rings. The first kappa shape index (κ1) is 15.4. The Balaban J connectivity index is 2.43. The van der Waals surface area contributed by atoms with Crippen molar-refractivity contribution in [2.24, 2.45) is 0 Å². The van der Waals surface area contributed by atoms with E-state index in [0.717, 1.165) is 30.0 Å². The molecule has 1 atom stereocenters. The zero-order valence-electron chi connectivity index (χ0n) is 10.9. The molecule has 0 spiro atoms. The molecule has 0 aliphatic heterocycles. The van der Waals surface area contributed by atoms with Crippen molar-refractivity contribution in [3.05, 3.63) is 59.4 Å². The van der Waals surface area contributed by atoms with Gasteiger partial charge in [-0.15, -0.1) is 11.8 Å². The molecule has 1 N–H and O–H groups in total. The van der Waals surface area contributed by atoms with Gasteiger partial charge in [-0.3, -0.25) is 4.79 Å². The Morgan fingerprint density at radius 3 is 2.05 bits per heavy atom. The minimum absolute atomic E-state index is 0.0429. The fourth-order valence-corrected chi connectivity index (χ4v) is 2.60. The number of benzene rings is 2. The summed E-state index contributed by atoms with van der Waals surface area (Å²) in [5, 5.41) is 8.02. The highest BCUT2D eigenvalue weighted by Crippen LogP contribution is 2.31. The minimum atomic E-state index is -1.14. The molecular weight excluding hydrogens is 301 g/mol. The Labute approximate surface area is 123 Å². The van der Waals surface area contributed by atoms with E-state index in [9.17, 15) is 18.0 Å². The average molecular weight is 312 g/mol. The van der Waals surface area contributed by atoms with Crippen molar-refractivity contribution in [2.75, 3.05) is 6.26 Å². The molecule has 0 aliphatic carbocycles. The van der Waals surface area contributed by atoms with Crippen LogP contribution in [0.15, 0.2) is 36.4 Å². The lowest BCUT2D eigenvalue weighted by Crippen LogP contribution is -2.09. The quantitative estimate of drug-likeness (QED) is 0.916. The third-order valence-corrected chi connectivity index (χ3v) is 3.92. The van der Waals surface area contributed by atoms with Gasteiger partial charge in [0.2, 0.25) is 0 Å². The van der Waals surface area contributed by atoms with Crippen LogP contribution in [0, 0.1) is 17.5 Å². The lowest BCUT2D eigenvalue weighted by Gasteiger charge is -2.12. The van der Waals surface area contributed by atoms with Crippen LogP contribution in [0.2, 0.25) is 0 Å². The molecule has 2 nitrogen and oxygen atoms in total. The van der Waals surface area contributed by atoms with Crippen molar-refractivity contribution >= 4 is 17.7 Å². The first-order chi connectivity index (χ1) is 9.93. The van der Waals surface area contributed by atoms with Crippen LogP contribution in [0.1, 0.15) is 10.8 Å². The summed E-state index contributed by atoms with van der Waals surface area (Å²) < 4.78 is 40.1. The van der Waals surface area contributed by atoms with E-state index >= 15 is 0 Å². The smallest absolute Gasteiger partial charge is 0.321 e. The lowest BCUT2D eigenvalue weighted by molar-refractivity contribution is -0.136. The maximum atomic E-state index is 14.1. The van der Waals surface area contributed by atoms with Crippen molar-refractivity contribution in [1.29, 1.82) is 0 Å². The normalized spacial score (nSPS) is 12.2. The third-order valence-electron chi connectivity index (χ3n) is 3.00. The van der Waals surface area contributed by atoms with Gasteiger partial charge in [-0.1, -0.05) is 18.2 Å². The highest BCUT2D eigenvalue weighted by molar-refractivity contribution is 7.99. The summed E-state index contributed by atoms with van der Waals surface area (Å²) in [4.78, 5) is 11.0. The fourth-order valence-electron chi connectivity index (χ4n) is 1.96. The Morgan fingerprint density at radius 2 is 1.57 bits per heavy atom. The highest BCUT2D eigenvalue weighted by Gasteiger charge is 2.22. The number of rotatable bonds is 4. The Morgan fingerprint density at radius 1 is 1.00 bits per heavy atom. The molecule has 0 radical (unpaired) electrons. The van der Waals surface area contributed by atoms with Crippen molar-refractivity contribution in [1.82, 2.24) is 0 Å². The van der Waals surface area contributed by atoms with Gasteiger partial charge in [0.15, 0.2) is 11.6 Å². The van der Waals surface area contributed by atoms with Crippen LogP contribution >= 0.6 is 11.8 Å². The van der Waals surface area contributed by atoms with Gasteiger partial charge in [0.25, 0.3) is 0 Å². The first-order valence-electron chi connectivity index (χ1n) is 5.94. The predicted octanol–water partition coefficient (Wildman–Crippen LogP) is 4.26. The van der Waals surface area contributed by atoms with Gasteiger partial charge >= 0.3 is 5.97 Å². The fraction of sp³-hybridized carbons (Fsp3) is 0.133. The van der Waals surface area contributed by atoms with Crippen molar-refractivity contribution < 1.29 is 23.1 Å². The maximum absolute atomic E-state index is 14.1. The summed E-state index contributed by atoms with van der Waals surface area (Å²) in [6.45, 7) is 0. The summed E-state index contributed by atoms with van der Waals surface area (Å²) >= 11 is 1.00. The van der Waals surface area contributed by atoms with E-state index in [1.807, 2.05) is 0 Å². The van der Waals surface area contributed by atoms with Crippen LogP contribution < -0.4 is 0 Å². The van der Waals surface area contributed by atoms with Gasteiger partial charge < -0.3 is 5.11 Å². The van der Waals surface area contributed by atoms with Crippen LogP contribution in [0.3, 0.4) is 0 Å². The van der Waals surface area contributed by atoms with Crippen LogP contribution in [0.5, 0.6) is 0 Å². The first-order valence-corrected chi connectivity index (χ1v) is 7.23. The van der Waals surface area contributed by atoms with E-state index in [1.54, 1.807) is 6.26 Å². The molecular formula is C15H11F3O2S. The number of carboxylic acids is 1. The molecule has 110 valence electrons. The molecule has 2 aromatic rings. The topological polar surface area (TPSA) is 37.3 Å². The molecule has 2 aromatic carbocycles. The predicted molar refractivity (Wildman–Crippen MR) is 75.6 cm³/mol. The highest BCUT2D eigenvalue weighted by atomic mass is 32.2. The van der Waals surface area contributed by atoms with Crippen molar-refractivity contribution in [2.45, 2.75) is 5.25 Å². The van der Waals surface area contributed by atoms with Gasteiger partial charge in [-0.25, -0.2) is 13.2 Å². The summed E-state index contributed by atoms with van der Waals surface area (Å²) in [6.07, 6.45) is 1.57. The van der Waals surface area contributed by atoms with Gasteiger partial charge in [-0.2, -0.15) is 0 Å². The molecule has 0 bridgehead atoms. The summed E-state index contributed by atoms with van der Waals surface area (Å²) in [5.74, 6) is -3.84. The molecule has 1 unspecified atom stereocenters. The summed E-state index contributed by atoms with van der Waals surface area (Å²) in [6, 6.07) is 7.20. The molecule has 0 amide bonds. The van der Waals surface area contributed by atoms with Gasteiger partial charge in [-0.05, 0) is 35.6 Å². The second-order valence-electron chi connectivity index (χ2n) is 4.32. The van der Waals surface area contributed by atoms with Crippen molar-refractivity contribution in [3.63, 3.8) is 0 Å². The lowest BCUT2D eigenvalue weighted by atomic mass is 10.0. The molecule has 2 rings (SSSR count). The minimum Gasteiger partial charge on any atom is -0.480 e. The number of hydrogen-bond donors (Lipinski definition) is 1. The van der Waals surface area contributed by atoms with E-state index in [4.69, 9.17) is 5.11 Å². The Hall–Kier alpha value is -1.95. The number of aliphatic carboxylic acids is 1. The monoisotopic (exact) mass is 312 g/mol. The van der Waals surface area contributed by atoms with E-state index in [1.165, 1.54) is 18.2 Å². The average Bonchev–Trinajstić information content (AvgIpc) is 2.44. The number of carboxylic acid groups (broad SMARTS) is 1. The molecule has 0 aliphatic rings. The summed E-state index contributed by atoms with van der Waals surface area (Å²) in [7, 11) is 0. The van der Waals surface area contributed by atoms with Crippen molar-refractivity contribution in [3.8, 4) is 11.1 Å². The Kier molecular flexibility index (Phi) is 4.57. The van der Waals surface area contributed by atoms with E-state index in [2.05, 4.69) is 0 Å². The third kappa shape index (κ3) is 3.21. The molecule has 0 heterocycles. The maximum Gasteiger partial charge on any atom is 0.321 e. The van der Waals surface area contributed by atoms with Crippen LogP contribution in [-0.4, -0.2) is 17.3 Å². The zero-order valence-corrected chi connectivity index (χ0v) is 11.8. The molecule has 0 aromatic heterocycles. The SMILES string of the molecule is CSC(C(=O)O)c1ccc(-c2ccc(F)c(F)c2)cc1F. The molecule has 6 heteroatoms. The molecule has 0 saturated heterocycles. The number of carbonyl (C=O) groups is 1. The van der Waals surface area contributed by atoms with Crippen LogP contribution in [-0.2, 0) is 4.79 Å². The summed E-state index contributed by atoms with van der Waals surface area (Å²) in [5.41, 5.74) is 0.706. The zero-order chi connectivity index (χ0) is 15.6. The van der Waals surface area contributed by atoms with E-state index in [0.29, 0.717) is 11.1 Å². The van der Waals surface area contributed by atoms with Gasteiger partial charge in [0, 0.05) is 5.56 Å². The van der Waals surface area contributed by atoms with Gasteiger partial charge in [0.05, 0.1) is 0 Å². The largest absolute Gasteiger partial charge is 0.480 e. The Bertz CT molecular complexity index is 689. The number of thioether (sulfide) groups is 1. The van der Waals surface area contributed by atoms with E-state index in [-0.39, 0.29) is 5.56 Å². The van der Waals surface area contributed by atoms with Crippen LogP contribution in [0.25, 0.3) is 11.1 Å². The van der Waals surface area contributed by atoms with Gasteiger partial charge in [0.1, 0.15) is 11.1 Å². The number of hydrogen-bond acceptors (Lipinski definition) is 2. The molecule has 21 heavy (non-hydrogen) atoms. The van der Waals surface area contributed by atoms with E-state index < -0.39 is 28.7 Å². The second-order valence-corrected chi connectivity index (χ2v) is 5.26.